The van der Waals surface area contributed by atoms with Gasteiger partial charge in [-0.2, -0.15) is 0 Å². The molecule has 1 fully saturated rings. The predicted octanol–water partition coefficient (Wildman–Crippen LogP) is 2.94. The maximum absolute atomic E-state index is 11.2. The molecule has 0 saturated heterocycles. The van der Waals surface area contributed by atoms with Crippen molar-refractivity contribution in [3.8, 4) is 0 Å². The van der Waals surface area contributed by atoms with Crippen molar-refractivity contribution in [1.82, 2.24) is 5.32 Å². The van der Waals surface area contributed by atoms with Crippen LogP contribution in [0.1, 0.15) is 43.2 Å². The topological polar surface area (TPSA) is 55.1 Å². The minimum Gasteiger partial charge on any atom is -0.369 e. The fraction of sp³-hybridized carbons (Fsp3) is 0.588. The first kappa shape index (κ1) is 15.0. The molecule has 0 heterocycles. The summed E-state index contributed by atoms with van der Waals surface area (Å²) in [6.07, 6.45) is 7.54. The fourth-order valence-electron chi connectivity index (χ4n) is 3.74. The first-order valence-corrected chi connectivity index (χ1v) is 8.74. The van der Waals surface area contributed by atoms with Gasteiger partial charge >= 0.3 is 0 Å². The third-order valence-electron chi connectivity index (χ3n) is 5.00. The minimum atomic E-state index is -0.120. The first-order chi connectivity index (χ1) is 10.1. The number of halogens is 1. The number of benzene rings is 1. The van der Waals surface area contributed by atoms with E-state index in [2.05, 4.69) is 39.4 Å². The van der Waals surface area contributed by atoms with Crippen LogP contribution >= 0.6 is 15.9 Å². The third-order valence-corrected chi connectivity index (χ3v) is 5.49. The molecule has 2 aliphatic rings. The van der Waals surface area contributed by atoms with Crippen LogP contribution in [0.25, 0.3) is 0 Å². The summed E-state index contributed by atoms with van der Waals surface area (Å²) in [6, 6.07) is 7.77. The molecule has 21 heavy (non-hydrogen) atoms. The Kier molecular flexibility index (Phi) is 4.65. The molecule has 3 N–H and O–H groups in total. The number of hydrogen-bond donors (Lipinski definition) is 2. The van der Waals surface area contributed by atoms with Crippen molar-refractivity contribution in [1.29, 1.82) is 0 Å². The normalized spacial score (nSPS) is 28.9. The van der Waals surface area contributed by atoms with Crippen molar-refractivity contribution in [2.75, 3.05) is 0 Å². The van der Waals surface area contributed by atoms with Gasteiger partial charge in [-0.3, -0.25) is 4.79 Å². The lowest BCUT2D eigenvalue weighted by Gasteiger charge is -2.33. The molecule has 0 spiro atoms. The Morgan fingerprint density at radius 2 is 1.86 bits per heavy atom. The molecule has 0 aromatic heterocycles. The number of carbonyl (C=O) groups is 1. The highest BCUT2D eigenvalue weighted by molar-refractivity contribution is 9.10. The molecular formula is C17H23BrN2O. The summed E-state index contributed by atoms with van der Waals surface area (Å²) in [6.45, 7) is 0. The number of primary amides is 1. The molecule has 3 rings (SSSR count). The van der Waals surface area contributed by atoms with E-state index in [0.29, 0.717) is 12.1 Å². The highest BCUT2D eigenvalue weighted by atomic mass is 79.9. The average molecular weight is 351 g/mol. The number of carbonyl (C=O) groups excluding carboxylic acids is 1. The average Bonchev–Trinajstić information content (AvgIpc) is 2.48. The van der Waals surface area contributed by atoms with Crippen molar-refractivity contribution < 1.29 is 4.79 Å². The van der Waals surface area contributed by atoms with Gasteiger partial charge in [0.05, 0.1) is 0 Å². The van der Waals surface area contributed by atoms with E-state index in [1.165, 1.54) is 22.0 Å². The molecule has 1 saturated carbocycles. The molecule has 1 amide bonds. The zero-order chi connectivity index (χ0) is 14.8. The van der Waals surface area contributed by atoms with Crippen LogP contribution in [-0.2, 0) is 17.6 Å². The summed E-state index contributed by atoms with van der Waals surface area (Å²) in [5.41, 5.74) is 8.36. The Morgan fingerprint density at radius 3 is 2.57 bits per heavy atom. The van der Waals surface area contributed by atoms with E-state index in [1.807, 2.05) is 0 Å². The second-order valence-corrected chi connectivity index (χ2v) is 7.39. The van der Waals surface area contributed by atoms with E-state index in [1.54, 1.807) is 0 Å². The highest BCUT2D eigenvalue weighted by Crippen LogP contribution is 2.28. The quantitative estimate of drug-likeness (QED) is 0.880. The smallest absolute Gasteiger partial charge is 0.220 e. The third kappa shape index (κ3) is 3.67. The lowest BCUT2D eigenvalue weighted by molar-refractivity contribution is -0.122. The summed E-state index contributed by atoms with van der Waals surface area (Å²) < 4.78 is 1.18. The lowest BCUT2D eigenvalue weighted by Crippen LogP contribution is -2.44. The van der Waals surface area contributed by atoms with Crippen molar-refractivity contribution in [2.45, 2.75) is 57.0 Å². The SMILES string of the molecule is NC(=O)C1CCC(NC2CCc3cc(Br)ccc3C2)CC1. The van der Waals surface area contributed by atoms with Crippen molar-refractivity contribution in [2.24, 2.45) is 11.7 Å². The van der Waals surface area contributed by atoms with E-state index in [9.17, 15) is 4.79 Å². The largest absolute Gasteiger partial charge is 0.369 e. The Bertz CT molecular complexity index is 524. The zero-order valence-electron chi connectivity index (χ0n) is 12.3. The van der Waals surface area contributed by atoms with Gasteiger partial charge in [0.15, 0.2) is 0 Å². The molecular weight excluding hydrogens is 328 g/mol. The number of fused-ring (bicyclic) bond motifs is 1. The fourth-order valence-corrected chi connectivity index (χ4v) is 4.15. The van der Waals surface area contributed by atoms with E-state index in [0.717, 1.165) is 38.5 Å². The molecule has 1 aromatic rings. The highest BCUT2D eigenvalue weighted by Gasteiger charge is 2.27. The van der Waals surface area contributed by atoms with Gasteiger partial charge < -0.3 is 11.1 Å². The number of rotatable bonds is 3. The van der Waals surface area contributed by atoms with Gasteiger partial charge in [0.1, 0.15) is 0 Å². The zero-order valence-corrected chi connectivity index (χ0v) is 13.9. The summed E-state index contributed by atoms with van der Waals surface area (Å²) in [5, 5.41) is 3.81. The summed E-state index contributed by atoms with van der Waals surface area (Å²) in [5.74, 6) is -0.0156. The molecule has 114 valence electrons. The Labute approximate surface area is 134 Å². The maximum atomic E-state index is 11.2. The van der Waals surface area contributed by atoms with Gasteiger partial charge in [-0.15, -0.1) is 0 Å². The van der Waals surface area contributed by atoms with Crippen molar-refractivity contribution >= 4 is 21.8 Å². The first-order valence-electron chi connectivity index (χ1n) is 7.94. The number of hydrogen-bond acceptors (Lipinski definition) is 2. The molecule has 0 aliphatic heterocycles. The number of aryl methyl sites for hydroxylation is 1. The van der Waals surface area contributed by atoms with Crippen LogP contribution in [0.15, 0.2) is 22.7 Å². The summed E-state index contributed by atoms with van der Waals surface area (Å²) in [7, 11) is 0. The Balaban J connectivity index is 1.53. The molecule has 3 nitrogen and oxygen atoms in total. The van der Waals surface area contributed by atoms with Crippen molar-refractivity contribution in [3.63, 3.8) is 0 Å². The minimum absolute atomic E-state index is 0.104. The van der Waals surface area contributed by atoms with Crippen LogP contribution in [0.4, 0.5) is 0 Å². The maximum Gasteiger partial charge on any atom is 0.220 e. The van der Waals surface area contributed by atoms with Gasteiger partial charge in [-0.05, 0) is 68.2 Å². The van der Waals surface area contributed by atoms with Crippen LogP contribution in [0, 0.1) is 5.92 Å². The van der Waals surface area contributed by atoms with E-state index >= 15 is 0 Å². The van der Waals surface area contributed by atoms with Gasteiger partial charge in [-0.25, -0.2) is 0 Å². The summed E-state index contributed by atoms with van der Waals surface area (Å²) in [4.78, 5) is 11.2. The van der Waals surface area contributed by atoms with Crippen LogP contribution < -0.4 is 11.1 Å². The standard InChI is InChI=1S/C17H23BrN2O/c18-14-5-1-13-10-16(8-4-12(13)9-14)20-15-6-2-11(3-7-15)17(19)21/h1,5,9,11,15-16,20H,2-4,6-8,10H2,(H2,19,21). The van der Waals surface area contributed by atoms with Crippen molar-refractivity contribution in [3.05, 3.63) is 33.8 Å². The van der Waals surface area contributed by atoms with Gasteiger partial charge in [0, 0.05) is 22.5 Å². The van der Waals surface area contributed by atoms with Crippen LogP contribution in [0.5, 0.6) is 0 Å². The van der Waals surface area contributed by atoms with Crippen LogP contribution in [0.2, 0.25) is 0 Å². The lowest BCUT2D eigenvalue weighted by atomic mass is 9.83. The predicted molar refractivity (Wildman–Crippen MR) is 88.0 cm³/mol. The monoisotopic (exact) mass is 350 g/mol. The molecule has 0 bridgehead atoms. The molecule has 1 atom stereocenters. The molecule has 0 radical (unpaired) electrons. The molecule has 2 aliphatic carbocycles. The van der Waals surface area contributed by atoms with Crippen LogP contribution in [0.3, 0.4) is 0 Å². The molecule has 1 unspecified atom stereocenters. The Morgan fingerprint density at radius 1 is 1.10 bits per heavy atom. The number of nitrogens with two attached hydrogens (primary N) is 1. The summed E-state index contributed by atoms with van der Waals surface area (Å²) >= 11 is 3.55. The number of nitrogens with one attached hydrogen (secondary N) is 1. The molecule has 4 heteroatoms. The van der Waals surface area contributed by atoms with Gasteiger partial charge in [-0.1, -0.05) is 22.0 Å². The van der Waals surface area contributed by atoms with Crippen LogP contribution in [-0.4, -0.2) is 18.0 Å². The van der Waals surface area contributed by atoms with E-state index in [-0.39, 0.29) is 11.8 Å². The Hall–Kier alpha value is -0.870. The van der Waals surface area contributed by atoms with E-state index < -0.39 is 0 Å². The van der Waals surface area contributed by atoms with E-state index in [4.69, 9.17) is 5.73 Å². The molecule has 1 aromatic carbocycles. The second kappa shape index (κ2) is 6.49. The second-order valence-electron chi connectivity index (χ2n) is 6.47. The van der Waals surface area contributed by atoms with Gasteiger partial charge in [0.25, 0.3) is 0 Å². The number of amides is 1. The van der Waals surface area contributed by atoms with Gasteiger partial charge in [0.2, 0.25) is 5.91 Å².